The lowest BCUT2D eigenvalue weighted by atomic mass is 9.47. The average molecular weight is 328 g/mol. The van der Waals surface area contributed by atoms with E-state index in [-0.39, 0.29) is 11.0 Å². The van der Waals surface area contributed by atoms with Crippen LogP contribution in [0.25, 0.3) is 22.2 Å². The summed E-state index contributed by atoms with van der Waals surface area (Å²) in [6, 6.07) is 20.5. The third-order valence-corrected chi connectivity index (χ3v) is 7.36. The molecule has 2 aromatic carbocycles. The van der Waals surface area contributed by atoms with Gasteiger partial charge >= 0.3 is 0 Å². The molecule has 1 aliphatic heterocycles. The van der Waals surface area contributed by atoms with Gasteiger partial charge in [-0.15, -0.1) is 0 Å². The minimum absolute atomic E-state index is 0.221. The quantitative estimate of drug-likeness (QED) is 0.534. The predicted molar refractivity (Wildman–Crippen MR) is 104 cm³/mol. The highest BCUT2D eigenvalue weighted by Gasteiger charge is 2.68. The van der Waals surface area contributed by atoms with Gasteiger partial charge in [-0.25, -0.2) is 0 Å². The first kappa shape index (κ1) is 15.1. The number of aromatic nitrogens is 1. The van der Waals surface area contributed by atoms with Gasteiger partial charge in [0, 0.05) is 30.4 Å². The molecule has 126 valence electrons. The Balaban J connectivity index is 2.00. The van der Waals surface area contributed by atoms with Crippen LogP contribution in [-0.2, 0) is 11.0 Å². The Kier molecular flexibility index (Phi) is 2.99. The van der Waals surface area contributed by atoms with Crippen LogP contribution in [0.4, 0.5) is 0 Å². The molecule has 5 rings (SSSR count). The smallest absolute Gasteiger partial charge is 0.185 e. The molecule has 1 saturated carbocycles. The molecule has 2 unspecified atom stereocenters. The third kappa shape index (κ3) is 1.58. The molecular weight excluding hydrogens is 302 g/mol. The highest BCUT2D eigenvalue weighted by Crippen LogP contribution is 2.62. The number of fused-ring (bicyclic) bond motifs is 8. The minimum atomic E-state index is 0.221. The lowest BCUT2D eigenvalue weighted by Gasteiger charge is -2.58. The van der Waals surface area contributed by atoms with Gasteiger partial charge in [-0.3, -0.25) is 0 Å². The van der Waals surface area contributed by atoms with E-state index in [9.17, 15) is 0 Å². The van der Waals surface area contributed by atoms with Crippen molar-refractivity contribution in [3.05, 3.63) is 65.7 Å². The maximum Gasteiger partial charge on any atom is 0.214 e. The van der Waals surface area contributed by atoms with Crippen LogP contribution in [-0.4, -0.2) is 0 Å². The molecule has 3 aromatic rings. The molecule has 1 nitrogen and oxygen atoms in total. The van der Waals surface area contributed by atoms with Crippen LogP contribution >= 0.6 is 0 Å². The van der Waals surface area contributed by atoms with E-state index in [1.54, 1.807) is 5.56 Å². The Morgan fingerprint density at radius 2 is 1.72 bits per heavy atom. The zero-order valence-corrected chi connectivity index (χ0v) is 15.5. The topological polar surface area (TPSA) is 3.88 Å². The molecule has 2 aliphatic rings. The van der Waals surface area contributed by atoms with E-state index in [0.717, 1.165) is 0 Å². The molecular formula is C24H26N+. The van der Waals surface area contributed by atoms with Crippen molar-refractivity contribution in [2.75, 3.05) is 0 Å². The molecule has 0 N–H and O–H groups in total. The van der Waals surface area contributed by atoms with Crippen molar-refractivity contribution in [1.29, 1.82) is 0 Å². The first-order valence-corrected chi connectivity index (χ1v) is 9.73. The van der Waals surface area contributed by atoms with Gasteiger partial charge in [-0.1, -0.05) is 44.2 Å². The maximum absolute atomic E-state index is 2.73. The van der Waals surface area contributed by atoms with E-state index in [1.165, 1.54) is 53.4 Å². The molecule has 0 radical (unpaired) electrons. The van der Waals surface area contributed by atoms with Crippen LogP contribution in [0.1, 0.15) is 50.7 Å². The van der Waals surface area contributed by atoms with E-state index in [0.29, 0.717) is 0 Å². The summed E-state index contributed by atoms with van der Waals surface area (Å²) in [5.41, 5.74) is 7.80. The predicted octanol–water partition coefficient (Wildman–Crippen LogP) is 5.66. The van der Waals surface area contributed by atoms with Crippen molar-refractivity contribution in [3.63, 3.8) is 0 Å². The molecule has 1 aromatic heterocycles. The van der Waals surface area contributed by atoms with Gasteiger partial charge in [0.1, 0.15) is 0 Å². The van der Waals surface area contributed by atoms with Gasteiger partial charge in [0.15, 0.2) is 5.54 Å². The first-order chi connectivity index (χ1) is 12.2. The molecule has 0 amide bonds. The summed E-state index contributed by atoms with van der Waals surface area (Å²) in [5.74, 6) is 0. The van der Waals surface area contributed by atoms with Crippen molar-refractivity contribution in [2.24, 2.45) is 0 Å². The summed E-state index contributed by atoms with van der Waals surface area (Å²) in [6.45, 7) is 7.06. The zero-order valence-electron chi connectivity index (χ0n) is 15.5. The summed E-state index contributed by atoms with van der Waals surface area (Å²) >= 11 is 0. The standard InChI is InChI=1S/C24H26N/c1-4-23-15-16-24(23,5-2)25-20-12-7-6-10-18(20)13-14-21(25)22-17(3)9-8-11-19(22)23/h6-14H,4-5,15-16H2,1-3H3/q+1. The Morgan fingerprint density at radius 3 is 2.44 bits per heavy atom. The molecule has 0 saturated heterocycles. The van der Waals surface area contributed by atoms with Crippen LogP contribution in [0.3, 0.4) is 0 Å². The molecule has 25 heavy (non-hydrogen) atoms. The number of rotatable bonds is 2. The highest BCUT2D eigenvalue weighted by atomic mass is 15.1. The fourth-order valence-corrected chi connectivity index (χ4v) is 6.06. The molecule has 2 atom stereocenters. The van der Waals surface area contributed by atoms with Gasteiger partial charge in [0.2, 0.25) is 11.2 Å². The second-order valence-corrected chi connectivity index (χ2v) is 7.93. The SMILES string of the molecule is CCC12CCC1(CC)[n+]1c(ccc3ccccc31)-c1c(C)cccc12. The van der Waals surface area contributed by atoms with Crippen LogP contribution in [0, 0.1) is 6.92 Å². The van der Waals surface area contributed by atoms with Gasteiger partial charge in [0.05, 0.1) is 11.0 Å². The van der Waals surface area contributed by atoms with E-state index in [4.69, 9.17) is 0 Å². The number of para-hydroxylation sites is 1. The number of nitrogens with zero attached hydrogens (tertiary/aromatic N) is 1. The summed E-state index contributed by atoms with van der Waals surface area (Å²) in [4.78, 5) is 0. The van der Waals surface area contributed by atoms with Crippen molar-refractivity contribution >= 4 is 10.9 Å². The number of benzene rings is 2. The van der Waals surface area contributed by atoms with Gasteiger partial charge in [0.25, 0.3) is 0 Å². The van der Waals surface area contributed by atoms with E-state index >= 15 is 0 Å². The Morgan fingerprint density at radius 1 is 0.880 bits per heavy atom. The van der Waals surface area contributed by atoms with E-state index < -0.39 is 0 Å². The van der Waals surface area contributed by atoms with E-state index in [1.807, 2.05) is 0 Å². The van der Waals surface area contributed by atoms with Crippen molar-refractivity contribution < 1.29 is 4.57 Å². The van der Waals surface area contributed by atoms with Gasteiger partial charge < -0.3 is 0 Å². The van der Waals surface area contributed by atoms with Crippen LogP contribution in [0.15, 0.2) is 54.6 Å². The second kappa shape index (κ2) is 4.94. The second-order valence-electron chi connectivity index (χ2n) is 7.93. The largest absolute Gasteiger partial charge is 0.214 e. The normalized spacial score (nSPS) is 26.5. The van der Waals surface area contributed by atoms with Crippen molar-refractivity contribution in [1.82, 2.24) is 0 Å². The third-order valence-electron chi connectivity index (χ3n) is 7.36. The molecule has 1 fully saturated rings. The Bertz CT molecular complexity index is 994. The fourth-order valence-electron chi connectivity index (χ4n) is 6.06. The number of hydrogen-bond acceptors (Lipinski definition) is 0. The van der Waals surface area contributed by atoms with Crippen LogP contribution < -0.4 is 4.57 Å². The van der Waals surface area contributed by atoms with Crippen LogP contribution in [0.2, 0.25) is 0 Å². The number of hydrogen-bond donors (Lipinski definition) is 0. The molecule has 1 heteroatoms. The summed E-state index contributed by atoms with van der Waals surface area (Å²) in [5, 5.41) is 1.35. The lowest BCUT2D eigenvalue weighted by Crippen LogP contribution is -2.75. The fraction of sp³-hybridized carbons (Fsp3) is 0.375. The summed E-state index contributed by atoms with van der Waals surface area (Å²) < 4.78 is 2.73. The Hall–Kier alpha value is -2.15. The maximum atomic E-state index is 2.73. The Labute approximate surface area is 150 Å². The van der Waals surface area contributed by atoms with Gasteiger partial charge in [-0.2, -0.15) is 4.57 Å². The van der Waals surface area contributed by atoms with Crippen LogP contribution in [0.5, 0.6) is 0 Å². The molecule has 0 bridgehead atoms. The van der Waals surface area contributed by atoms with Gasteiger partial charge in [-0.05, 0) is 43.0 Å². The minimum Gasteiger partial charge on any atom is -0.185 e. The summed E-state index contributed by atoms with van der Waals surface area (Å²) in [7, 11) is 0. The number of pyridine rings is 1. The monoisotopic (exact) mass is 328 g/mol. The molecule has 1 aliphatic carbocycles. The number of aryl methyl sites for hydroxylation is 1. The average Bonchev–Trinajstić information content (AvgIpc) is 2.63. The van der Waals surface area contributed by atoms with E-state index in [2.05, 4.69) is 79.9 Å². The highest BCUT2D eigenvalue weighted by molar-refractivity contribution is 5.80. The summed E-state index contributed by atoms with van der Waals surface area (Å²) in [6.07, 6.45) is 5.01. The van der Waals surface area contributed by atoms with Crippen molar-refractivity contribution in [2.45, 2.75) is 57.4 Å². The zero-order chi connectivity index (χ0) is 17.2. The van der Waals surface area contributed by atoms with Crippen molar-refractivity contribution in [3.8, 4) is 11.3 Å². The molecule has 2 heterocycles. The first-order valence-electron chi connectivity index (χ1n) is 9.73. The lowest BCUT2D eigenvalue weighted by molar-refractivity contribution is -0.762. The molecule has 0 spiro atoms.